The van der Waals surface area contributed by atoms with Crippen molar-refractivity contribution in [1.29, 1.82) is 0 Å². The highest BCUT2D eigenvalue weighted by Gasteiger charge is 2.40. The number of aromatic nitrogens is 2. The molecule has 1 saturated heterocycles. The van der Waals surface area contributed by atoms with E-state index in [4.69, 9.17) is 9.26 Å². The van der Waals surface area contributed by atoms with E-state index in [1.165, 1.54) is 12.8 Å². The summed E-state index contributed by atoms with van der Waals surface area (Å²) in [6.45, 7) is 1.00. The van der Waals surface area contributed by atoms with Crippen molar-refractivity contribution < 1.29 is 9.26 Å². The molecule has 0 spiro atoms. The molecule has 1 aromatic heterocycles. The van der Waals surface area contributed by atoms with Crippen LogP contribution in [-0.4, -0.2) is 35.3 Å². The Morgan fingerprint density at radius 1 is 1.44 bits per heavy atom. The first-order chi connectivity index (χ1) is 8.84. The number of nitrogens with one attached hydrogen (secondary N) is 1. The summed E-state index contributed by atoms with van der Waals surface area (Å²) in [5.41, 5.74) is -0.302. The third kappa shape index (κ3) is 2.17. The van der Waals surface area contributed by atoms with Crippen molar-refractivity contribution in [3.63, 3.8) is 0 Å². The molecule has 5 nitrogen and oxygen atoms in total. The van der Waals surface area contributed by atoms with Crippen molar-refractivity contribution in [2.75, 3.05) is 25.2 Å². The molecule has 0 aromatic carbocycles. The van der Waals surface area contributed by atoms with Crippen LogP contribution in [0.5, 0.6) is 0 Å². The third-order valence-electron chi connectivity index (χ3n) is 3.87. The quantitative estimate of drug-likeness (QED) is 0.904. The van der Waals surface area contributed by atoms with Crippen LogP contribution in [0.2, 0.25) is 0 Å². The van der Waals surface area contributed by atoms with E-state index in [9.17, 15) is 0 Å². The molecule has 1 unspecified atom stereocenters. The summed E-state index contributed by atoms with van der Waals surface area (Å²) >= 11 is 1.92. The molecule has 1 atom stereocenters. The average Bonchev–Trinajstić information content (AvgIpc) is 3.09. The lowest BCUT2D eigenvalue weighted by Crippen LogP contribution is -2.31. The molecule has 0 amide bonds. The number of hydrogen-bond acceptors (Lipinski definition) is 6. The Balaban J connectivity index is 1.79. The Kier molecular flexibility index (Phi) is 3.59. The van der Waals surface area contributed by atoms with Gasteiger partial charge in [-0.2, -0.15) is 16.7 Å². The van der Waals surface area contributed by atoms with E-state index in [0.29, 0.717) is 5.89 Å². The fourth-order valence-electron chi connectivity index (χ4n) is 2.75. The molecule has 18 heavy (non-hydrogen) atoms. The zero-order chi connectivity index (χ0) is 12.4. The van der Waals surface area contributed by atoms with Gasteiger partial charge in [-0.05, 0) is 25.7 Å². The summed E-state index contributed by atoms with van der Waals surface area (Å²) in [5.74, 6) is 3.59. The summed E-state index contributed by atoms with van der Waals surface area (Å²) in [6, 6.07) is 0.195. The Labute approximate surface area is 111 Å². The largest absolute Gasteiger partial charge is 0.370 e. The van der Waals surface area contributed by atoms with Crippen molar-refractivity contribution in [3.05, 3.63) is 11.7 Å². The van der Waals surface area contributed by atoms with Crippen LogP contribution in [0.4, 0.5) is 0 Å². The molecular formula is C12H19N3O2S. The monoisotopic (exact) mass is 269 g/mol. The molecule has 1 N–H and O–H groups in total. The predicted octanol–water partition coefficient (Wildman–Crippen LogP) is 1.86. The van der Waals surface area contributed by atoms with Crippen LogP contribution in [0, 0.1) is 0 Å². The van der Waals surface area contributed by atoms with Gasteiger partial charge in [0.15, 0.2) is 0 Å². The van der Waals surface area contributed by atoms with Gasteiger partial charge in [0, 0.05) is 25.2 Å². The van der Waals surface area contributed by atoms with E-state index in [2.05, 4.69) is 15.5 Å². The SMILES string of the molecule is COC1(c2noc(C3CSCCN3)n2)CCCC1. The van der Waals surface area contributed by atoms with Crippen molar-refractivity contribution in [2.45, 2.75) is 37.3 Å². The molecule has 100 valence electrons. The van der Waals surface area contributed by atoms with Gasteiger partial charge >= 0.3 is 0 Å². The van der Waals surface area contributed by atoms with Gasteiger partial charge in [-0.3, -0.25) is 0 Å². The molecule has 0 bridgehead atoms. The fraction of sp³-hybridized carbons (Fsp3) is 0.833. The van der Waals surface area contributed by atoms with Gasteiger partial charge in [0.2, 0.25) is 11.7 Å². The van der Waals surface area contributed by atoms with Gasteiger partial charge in [0.05, 0.1) is 6.04 Å². The van der Waals surface area contributed by atoms with Crippen molar-refractivity contribution >= 4 is 11.8 Å². The average molecular weight is 269 g/mol. The standard InChI is InChI=1S/C12H19N3O2S/c1-16-12(4-2-3-5-12)11-14-10(17-15-11)9-8-18-7-6-13-9/h9,13H,2-8H2,1H3. The maximum absolute atomic E-state index is 5.67. The van der Waals surface area contributed by atoms with E-state index < -0.39 is 0 Å². The first-order valence-corrected chi connectivity index (χ1v) is 7.70. The first-order valence-electron chi connectivity index (χ1n) is 6.54. The van der Waals surface area contributed by atoms with E-state index in [-0.39, 0.29) is 11.6 Å². The summed E-state index contributed by atoms with van der Waals surface area (Å²) < 4.78 is 11.1. The van der Waals surface area contributed by atoms with Gasteiger partial charge in [-0.15, -0.1) is 0 Å². The molecule has 3 rings (SSSR count). The van der Waals surface area contributed by atoms with Crippen LogP contribution < -0.4 is 5.32 Å². The molecule has 2 fully saturated rings. The van der Waals surface area contributed by atoms with Gasteiger partial charge in [0.1, 0.15) is 5.60 Å². The van der Waals surface area contributed by atoms with E-state index in [1.807, 2.05) is 11.8 Å². The topological polar surface area (TPSA) is 60.2 Å². The molecule has 1 aliphatic carbocycles. The predicted molar refractivity (Wildman–Crippen MR) is 69.5 cm³/mol. The number of ether oxygens (including phenoxy) is 1. The van der Waals surface area contributed by atoms with Gasteiger partial charge < -0.3 is 14.6 Å². The fourth-order valence-corrected chi connectivity index (χ4v) is 3.68. The number of methoxy groups -OCH3 is 1. The summed E-state index contributed by atoms with van der Waals surface area (Å²) in [4.78, 5) is 4.58. The maximum atomic E-state index is 5.67. The number of nitrogens with zero attached hydrogens (tertiary/aromatic N) is 2. The molecule has 2 heterocycles. The van der Waals surface area contributed by atoms with Crippen LogP contribution >= 0.6 is 11.8 Å². The number of hydrogen-bond donors (Lipinski definition) is 1. The summed E-state index contributed by atoms with van der Waals surface area (Å²) in [7, 11) is 1.75. The van der Waals surface area contributed by atoms with E-state index in [0.717, 1.165) is 36.7 Å². The second kappa shape index (κ2) is 5.19. The van der Waals surface area contributed by atoms with Gasteiger partial charge in [-0.25, -0.2) is 0 Å². The zero-order valence-corrected chi connectivity index (χ0v) is 11.5. The van der Waals surface area contributed by atoms with Crippen LogP contribution in [0.15, 0.2) is 4.52 Å². The highest BCUT2D eigenvalue weighted by molar-refractivity contribution is 7.99. The van der Waals surface area contributed by atoms with Crippen LogP contribution in [0.25, 0.3) is 0 Å². The number of rotatable bonds is 3. The van der Waals surface area contributed by atoms with Crippen LogP contribution in [0.1, 0.15) is 43.4 Å². The molecule has 1 saturated carbocycles. The molecule has 6 heteroatoms. The highest BCUT2D eigenvalue weighted by atomic mass is 32.2. The first kappa shape index (κ1) is 12.4. The smallest absolute Gasteiger partial charge is 0.244 e. The van der Waals surface area contributed by atoms with Crippen molar-refractivity contribution in [2.24, 2.45) is 0 Å². The van der Waals surface area contributed by atoms with Crippen LogP contribution in [-0.2, 0) is 10.3 Å². The lowest BCUT2D eigenvalue weighted by molar-refractivity contribution is -0.0178. The van der Waals surface area contributed by atoms with Gasteiger partial charge in [0.25, 0.3) is 0 Å². The molecule has 2 aliphatic rings. The molecule has 1 aromatic rings. The van der Waals surface area contributed by atoms with Crippen molar-refractivity contribution in [1.82, 2.24) is 15.5 Å². The minimum absolute atomic E-state index is 0.195. The highest BCUT2D eigenvalue weighted by Crippen LogP contribution is 2.40. The maximum Gasteiger partial charge on any atom is 0.244 e. The normalized spacial score (nSPS) is 27.5. The Bertz CT molecular complexity index is 398. The van der Waals surface area contributed by atoms with E-state index >= 15 is 0 Å². The molecule has 0 radical (unpaired) electrons. The zero-order valence-electron chi connectivity index (χ0n) is 10.6. The van der Waals surface area contributed by atoms with Crippen LogP contribution in [0.3, 0.4) is 0 Å². The van der Waals surface area contributed by atoms with Gasteiger partial charge in [-0.1, -0.05) is 5.16 Å². The molecule has 1 aliphatic heterocycles. The Hall–Kier alpha value is -0.590. The lowest BCUT2D eigenvalue weighted by atomic mass is 10.0. The Morgan fingerprint density at radius 3 is 2.94 bits per heavy atom. The number of thioether (sulfide) groups is 1. The second-order valence-electron chi connectivity index (χ2n) is 4.94. The minimum atomic E-state index is -0.302. The lowest BCUT2D eigenvalue weighted by Gasteiger charge is -2.23. The summed E-state index contributed by atoms with van der Waals surface area (Å²) in [6.07, 6.45) is 4.34. The minimum Gasteiger partial charge on any atom is -0.370 e. The van der Waals surface area contributed by atoms with E-state index in [1.54, 1.807) is 7.11 Å². The summed E-state index contributed by atoms with van der Waals surface area (Å²) in [5, 5.41) is 7.57. The second-order valence-corrected chi connectivity index (χ2v) is 6.09. The third-order valence-corrected chi connectivity index (χ3v) is 4.93. The Morgan fingerprint density at radius 2 is 2.28 bits per heavy atom. The van der Waals surface area contributed by atoms with Crippen molar-refractivity contribution in [3.8, 4) is 0 Å². The molecular weight excluding hydrogens is 250 g/mol.